The highest BCUT2D eigenvalue weighted by molar-refractivity contribution is 5.92. The van der Waals surface area contributed by atoms with Crippen LogP contribution in [0.25, 0.3) is 0 Å². The van der Waals surface area contributed by atoms with Gasteiger partial charge in [0.15, 0.2) is 0 Å². The topological polar surface area (TPSA) is 74.3 Å². The molecule has 0 aliphatic heterocycles. The molecule has 1 aromatic heterocycles. The van der Waals surface area contributed by atoms with Crippen molar-refractivity contribution in [1.29, 1.82) is 0 Å². The van der Waals surface area contributed by atoms with Crippen LogP contribution in [0.2, 0.25) is 0 Å². The normalized spacial score (nSPS) is 10.7. The van der Waals surface area contributed by atoms with Gasteiger partial charge in [-0.15, -0.1) is 0 Å². The van der Waals surface area contributed by atoms with E-state index in [0.717, 1.165) is 0 Å². The van der Waals surface area contributed by atoms with Crippen molar-refractivity contribution in [1.82, 2.24) is 15.2 Å². The molecule has 6 nitrogen and oxygen atoms in total. The lowest BCUT2D eigenvalue weighted by atomic mass is 10.1. The van der Waals surface area contributed by atoms with E-state index >= 15 is 0 Å². The summed E-state index contributed by atoms with van der Waals surface area (Å²) in [6.45, 7) is 5.68. The van der Waals surface area contributed by atoms with Crippen LogP contribution in [0.4, 0.5) is 10.5 Å². The third-order valence-corrected chi connectivity index (χ3v) is 2.17. The van der Waals surface area contributed by atoms with Crippen molar-refractivity contribution >= 4 is 17.6 Å². The molecule has 6 heteroatoms. The molecule has 0 saturated carbocycles. The summed E-state index contributed by atoms with van der Waals surface area (Å²) in [5.41, 5.74) is 0.336. The first-order valence-electron chi connectivity index (χ1n) is 6.01. The molecule has 1 aromatic rings. The monoisotopic (exact) mass is 264 g/mol. The van der Waals surface area contributed by atoms with Crippen LogP contribution in [0.1, 0.15) is 20.8 Å². The second kappa shape index (κ2) is 6.17. The summed E-state index contributed by atoms with van der Waals surface area (Å²) in [4.78, 5) is 28.7. The number of anilines is 1. The molecule has 0 saturated heterocycles. The first-order valence-corrected chi connectivity index (χ1v) is 6.01. The lowest BCUT2D eigenvalue weighted by molar-refractivity contribution is -0.122. The number of hydrogen-bond donors (Lipinski definition) is 2. The van der Waals surface area contributed by atoms with E-state index in [1.165, 1.54) is 4.90 Å². The molecule has 0 fully saturated rings. The highest BCUT2D eigenvalue weighted by Crippen LogP contribution is 2.04. The summed E-state index contributed by atoms with van der Waals surface area (Å²) in [5.74, 6) is -0.195. The van der Waals surface area contributed by atoms with Crippen LogP contribution in [0, 0.1) is 0 Å². The maximum atomic E-state index is 11.8. The van der Waals surface area contributed by atoms with Gasteiger partial charge >= 0.3 is 6.03 Å². The van der Waals surface area contributed by atoms with Gasteiger partial charge in [-0.25, -0.2) is 4.79 Å². The Hall–Kier alpha value is -2.11. The van der Waals surface area contributed by atoms with Crippen molar-refractivity contribution in [2.24, 2.45) is 0 Å². The number of pyridine rings is 1. The standard InChI is InChI=1S/C13H20N4O2/c1-13(2,3)16-11(18)9-17(4)12(19)15-10-5-7-14-8-6-10/h5-8H,9H2,1-4H3,(H,16,18)(H,14,15,19). The molecule has 2 N–H and O–H groups in total. The third kappa shape index (κ3) is 5.85. The number of nitrogens with one attached hydrogen (secondary N) is 2. The summed E-state index contributed by atoms with van der Waals surface area (Å²) >= 11 is 0. The van der Waals surface area contributed by atoms with Crippen molar-refractivity contribution in [3.8, 4) is 0 Å². The Morgan fingerprint density at radius 3 is 2.37 bits per heavy atom. The molecule has 0 unspecified atom stereocenters. The number of hydrogen-bond acceptors (Lipinski definition) is 3. The van der Waals surface area contributed by atoms with E-state index in [-0.39, 0.29) is 24.0 Å². The zero-order valence-electron chi connectivity index (χ0n) is 11.7. The second-order valence-electron chi connectivity index (χ2n) is 5.32. The van der Waals surface area contributed by atoms with E-state index in [0.29, 0.717) is 5.69 Å². The minimum atomic E-state index is -0.338. The highest BCUT2D eigenvalue weighted by Gasteiger charge is 2.17. The molecule has 0 aliphatic carbocycles. The first-order chi connectivity index (χ1) is 8.78. The lowest BCUT2D eigenvalue weighted by Gasteiger charge is -2.23. The van der Waals surface area contributed by atoms with E-state index in [1.54, 1.807) is 31.6 Å². The van der Waals surface area contributed by atoms with Crippen molar-refractivity contribution in [3.63, 3.8) is 0 Å². The largest absolute Gasteiger partial charge is 0.350 e. The zero-order chi connectivity index (χ0) is 14.5. The molecule has 19 heavy (non-hydrogen) atoms. The number of aromatic nitrogens is 1. The van der Waals surface area contributed by atoms with Crippen molar-refractivity contribution in [3.05, 3.63) is 24.5 Å². The Balaban J connectivity index is 2.47. The quantitative estimate of drug-likeness (QED) is 0.868. The van der Waals surface area contributed by atoms with Crippen LogP contribution in [-0.2, 0) is 4.79 Å². The van der Waals surface area contributed by atoms with Crippen LogP contribution in [-0.4, -0.2) is 41.0 Å². The zero-order valence-corrected chi connectivity index (χ0v) is 11.7. The number of likely N-dealkylation sites (N-methyl/N-ethyl adjacent to an activating group) is 1. The van der Waals surface area contributed by atoms with Gasteiger partial charge in [0.1, 0.15) is 6.54 Å². The van der Waals surface area contributed by atoms with E-state index in [2.05, 4.69) is 15.6 Å². The molecule has 0 spiro atoms. The van der Waals surface area contributed by atoms with Gasteiger partial charge in [-0.2, -0.15) is 0 Å². The molecule has 0 aromatic carbocycles. The fourth-order valence-electron chi connectivity index (χ4n) is 1.40. The second-order valence-corrected chi connectivity index (χ2v) is 5.32. The van der Waals surface area contributed by atoms with Gasteiger partial charge in [-0.3, -0.25) is 9.78 Å². The van der Waals surface area contributed by atoms with Crippen LogP contribution in [0.3, 0.4) is 0 Å². The third-order valence-electron chi connectivity index (χ3n) is 2.17. The lowest BCUT2D eigenvalue weighted by Crippen LogP contribution is -2.47. The summed E-state index contributed by atoms with van der Waals surface area (Å²) in [5, 5.41) is 5.48. The first kappa shape index (κ1) is 14.9. The fourth-order valence-corrected chi connectivity index (χ4v) is 1.40. The predicted molar refractivity (Wildman–Crippen MR) is 73.8 cm³/mol. The van der Waals surface area contributed by atoms with Crippen LogP contribution in [0.15, 0.2) is 24.5 Å². The van der Waals surface area contributed by atoms with Crippen LogP contribution >= 0.6 is 0 Å². The maximum Gasteiger partial charge on any atom is 0.322 e. The van der Waals surface area contributed by atoms with E-state index in [4.69, 9.17) is 0 Å². The smallest absolute Gasteiger partial charge is 0.322 e. The SMILES string of the molecule is CN(CC(=O)NC(C)(C)C)C(=O)Nc1ccncc1. The Kier molecular flexibility index (Phi) is 4.86. The Bertz CT molecular complexity index is 440. The maximum absolute atomic E-state index is 11.8. The minimum Gasteiger partial charge on any atom is -0.350 e. The number of amides is 3. The number of urea groups is 1. The van der Waals surface area contributed by atoms with Crippen LogP contribution < -0.4 is 10.6 Å². The summed E-state index contributed by atoms with van der Waals surface area (Å²) in [6.07, 6.45) is 3.17. The summed E-state index contributed by atoms with van der Waals surface area (Å²) in [7, 11) is 1.57. The molecular formula is C13H20N4O2. The van der Waals surface area contributed by atoms with E-state index in [9.17, 15) is 9.59 Å². The Morgan fingerprint density at radius 1 is 1.26 bits per heavy atom. The molecule has 0 atom stereocenters. The van der Waals surface area contributed by atoms with Crippen LogP contribution in [0.5, 0.6) is 0 Å². The predicted octanol–water partition coefficient (Wildman–Crippen LogP) is 1.46. The van der Waals surface area contributed by atoms with Gasteiger partial charge in [0.05, 0.1) is 0 Å². The fraction of sp³-hybridized carbons (Fsp3) is 0.462. The molecule has 0 aliphatic rings. The van der Waals surface area contributed by atoms with Gasteiger partial charge in [0, 0.05) is 30.7 Å². The number of nitrogens with zero attached hydrogens (tertiary/aromatic N) is 2. The highest BCUT2D eigenvalue weighted by atomic mass is 16.2. The molecule has 3 amide bonds. The average Bonchev–Trinajstić information content (AvgIpc) is 2.27. The summed E-state index contributed by atoms with van der Waals surface area (Å²) in [6, 6.07) is 3.03. The van der Waals surface area contributed by atoms with Gasteiger partial charge in [0.2, 0.25) is 5.91 Å². The number of rotatable bonds is 3. The van der Waals surface area contributed by atoms with Gasteiger partial charge < -0.3 is 15.5 Å². The molecule has 1 heterocycles. The molecule has 0 radical (unpaired) electrons. The number of carbonyl (C=O) groups is 2. The van der Waals surface area contributed by atoms with Crippen molar-refractivity contribution in [2.45, 2.75) is 26.3 Å². The Morgan fingerprint density at radius 2 is 1.84 bits per heavy atom. The number of carbonyl (C=O) groups excluding carboxylic acids is 2. The van der Waals surface area contributed by atoms with E-state index < -0.39 is 0 Å². The van der Waals surface area contributed by atoms with Crippen molar-refractivity contribution < 1.29 is 9.59 Å². The molecule has 1 rings (SSSR count). The van der Waals surface area contributed by atoms with Crippen molar-refractivity contribution in [2.75, 3.05) is 18.9 Å². The summed E-state index contributed by atoms with van der Waals surface area (Å²) < 4.78 is 0. The van der Waals surface area contributed by atoms with Gasteiger partial charge in [0.25, 0.3) is 0 Å². The minimum absolute atomic E-state index is 0.00812. The molecule has 0 bridgehead atoms. The molecule has 104 valence electrons. The Labute approximate surface area is 113 Å². The molecular weight excluding hydrogens is 244 g/mol. The average molecular weight is 264 g/mol. The van der Waals surface area contributed by atoms with E-state index in [1.807, 2.05) is 20.8 Å². The van der Waals surface area contributed by atoms with Gasteiger partial charge in [-0.05, 0) is 32.9 Å². The van der Waals surface area contributed by atoms with Gasteiger partial charge in [-0.1, -0.05) is 0 Å².